The van der Waals surface area contributed by atoms with E-state index in [2.05, 4.69) is 5.32 Å². The van der Waals surface area contributed by atoms with Crippen molar-refractivity contribution in [3.63, 3.8) is 0 Å². The summed E-state index contributed by atoms with van der Waals surface area (Å²) in [4.78, 5) is 26.5. The second-order valence-electron chi connectivity index (χ2n) is 6.58. The van der Waals surface area contributed by atoms with Crippen LogP contribution >= 0.6 is 11.8 Å². The molecule has 0 radical (unpaired) electrons. The molecule has 0 unspecified atom stereocenters. The summed E-state index contributed by atoms with van der Waals surface area (Å²) in [6.07, 6.45) is 0.902. The van der Waals surface area contributed by atoms with E-state index in [1.165, 1.54) is 0 Å². The molecule has 0 aromatic heterocycles. The molecule has 2 atom stereocenters. The van der Waals surface area contributed by atoms with Crippen molar-refractivity contribution >= 4 is 23.6 Å². The Hall–Kier alpha value is -2.27. The Morgan fingerprint density at radius 2 is 1.88 bits per heavy atom. The van der Waals surface area contributed by atoms with Crippen molar-refractivity contribution in [2.45, 2.75) is 38.2 Å². The van der Waals surface area contributed by atoms with Gasteiger partial charge in [-0.3, -0.25) is 9.59 Å². The third-order valence-electron chi connectivity index (χ3n) is 4.61. The van der Waals surface area contributed by atoms with Crippen LogP contribution in [0.4, 0.5) is 0 Å². The van der Waals surface area contributed by atoms with Gasteiger partial charge in [0, 0.05) is 18.2 Å². The molecular weight excluding hydrogens is 344 g/mol. The minimum absolute atomic E-state index is 0.00520. The summed E-state index contributed by atoms with van der Waals surface area (Å²) in [5, 5.41) is 2.97. The van der Waals surface area contributed by atoms with Crippen molar-refractivity contribution in [3.8, 4) is 0 Å². The Morgan fingerprint density at radius 3 is 2.54 bits per heavy atom. The Kier molecular flexibility index (Phi) is 5.99. The molecule has 26 heavy (non-hydrogen) atoms. The van der Waals surface area contributed by atoms with Gasteiger partial charge in [-0.1, -0.05) is 49.4 Å². The van der Waals surface area contributed by atoms with E-state index < -0.39 is 0 Å². The van der Waals surface area contributed by atoms with E-state index in [1.807, 2.05) is 73.3 Å². The number of hydrogen-bond acceptors (Lipinski definition) is 3. The fourth-order valence-electron chi connectivity index (χ4n) is 2.89. The molecule has 3 rings (SSSR count). The van der Waals surface area contributed by atoms with Gasteiger partial charge in [0.15, 0.2) is 0 Å². The van der Waals surface area contributed by atoms with Crippen LogP contribution in [-0.2, 0) is 11.3 Å². The van der Waals surface area contributed by atoms with Crippen LogP contribution in [0.1, 0.15) is 47.1 Å². The number of carbonyl (C=O) groups is 2. The Labute approximate surface area is 159 Å². The lowest BCUT2D eigenvalue weighted by Crippen LogP contribution is -2.32. The summed E-state index contributed by atoms with van der Waals surface area (Å²) in [5.41, 5.74) is 2.83. The second kappa shape index (κ2) is 8.41. The van der Waals surface area contributed by atoms with Gasteiger partial charge < -0.3 is 10.2 Å². The number of benzene rings is 2. The van der Waals surface area contributed by atoms with Crippen molar-refractivity contribution in [2.75, 3.05) is 5.75 Å². The van der Waals surface area contributed by atoms with E-state index in [-0.39, 0.29) is 23.2 Å². The number of nitrogens with one attached hydrogen (secondary N) is 1. The van der Waals surface area contributed by atoms with Crippen molar-refractivity contribution < 1.29 is 9.59 Å². The maximum atomic E-state index is 12.3. The summed E-state index contributed by atoms with van der Waals surface area (Å²) in [5.74, 6) is 0.595. The largest absolute Gasteiger partial charge is 0.350 e. The highest BCUT2D eigenvalue weighted by molar-refractivity contribution is 8.00. The van der Waals surface area contributed by atoms with Gasteiger partial charge in [-0.15, -0.1) is 11.8 Å². The summed E-state index contributed by atoms with van der Waals surface area (Å²) in [7, 11) is 0. The highest BCUT2D eigenvalue weighted by Gasteiger charge is 2.32. The minimum Gasteiger partial charge on any atom is -0.350 e. The SMILES string of the molecule is CC[C@@H](C)NC(=O)c1ccc([C@@H]2SCC(=O)N2Cc2ccccc2)cc1. The van der Waals surface area contributed by atoms with Crippen molar-refractivity contribution in [1.29, 1.82) is 0 Å². The number of amides is 2. The van der Waals surface area contributed by atoms with Gasteiger partial charge in [0.25, 0.3) is 5.91 Å². The molecule has 136 valence electrons. The molecule has 0 aliphatic carbocycles. The summed E-state index contributed by atoms with van der Waals surface area (Å²) in [6, 6.07) is 17.8. The second-order valence-corrected chi connectivity index (χ2v) is 7.64. The molecule has 4 nitrogen and oxygen atoms in total. The van der Waals surface area contributed by atoms with Crippen molar-refractivity contribution in [1.82, 2.24) is 10.2 Å². The van der Waals surface area contributed by atoms with Gasteiger partial charge in [-0.25, -0.2) is 0 Å². The Balaban J connectivity index is 1.73. The maximum absolute atomic E-state index is 12.3. The maximum Gasteiger partial charge on any atom is 0.251 e. The number of rotatable bonds is 6. The Morgan fingerprint density at radius 1 is 1.19 bits per heavy atom. The fraction of sp³-hybridized carbons (Fsp3) is 0.333. The predicted molar refractivity (Wildman–Crippen MR) is 106 cm³/mol. The number of nitrogens with zero attached hydrogens (tertiary/aromatic N) is 1. The molecule has 1 N–H and O–H groups in total. The molecule has 1 fully saturated rings. The fourth-order valence-corrected chi connectivity index (χ4v) is 4.08. The third kappa shape index (κ3) is 4.28. The highest BCUT2D eigenvalue weighted by Crippen LogP contribution is 2.39. The molecule has 0 spiro atoms. The number of thioether (sulfide) groups is 1. The van der Waals surface area contributed by atoms with Crippen LogP contribution < -0.4 is 5.32 Å². The van der Waals surface area contributed by atoms with E-state index >= 15 is 0 Å². The van der Waals surface area contributed by atoms with Crippen LogP contribution in [0.5, 0.6) is 0 Å². The number of hydrogen-bond donors (Lipinski definition) is 1. The molecule has 2 aromatic rings. The predicted octanol–water partition coefficient (Wildman–Crippen LogP) is 3.99. The van der Waals surface area contributed by atoms with Gasteiger partial charge in [-0.05, 0) is 36.6 Å². The van der Waals surface area contributed by atoms with Crippen molar-refractivity contribution in [2.24, 2.45) is 0 Å². The lowest BCUT2D eigenvalue weighted by Gasteiger charge is -2.24. The molecule has 2 aromatic carbocycles. The zero-order valence-corrected chi connectivity index (χ0v) is 16.0. The van der Waals surface area contributed by atoms with Crippen LogP contribution in [0.3, 0.4) is 0 Å². The topological polar surface area (TPSA) is 49.4 Å². The third-order valence-corrected chi connectivity index (χ3v) is 5.87. The summed E-state index contributed by atoms with van der Waals surface area (Å²) in [6.45, 7) is 4.64. The van der Waals surface area contributed by atoms with Crippen molar-refractivity contribution in [3.05, 3.63) is 71.3 Å². The van der Waals surface area contributed by atoms with Gasteiger partial charge >= 0.3 is 0 Å². The molecule has 1 aliphatic heterocycles. The molecule has 2 amide bonds. The smallest absolute Gasteiger partial charge is 0.251 e. The lowest BCUT2D eigenvalue weighted by molar-refractivity contribution is -0.128. The molecule has 0 bridgehead atoms. The van der Waals surface area contributed by atoms with Gasteiger partial charge in [0.1, 0.15) is 5.37 Å². The van der Waals surface area contributed by atoms with Crippen LogP contribution in [0.25, 0.3) is 0 Å². The minimum atomic E-state index is -0.0535. The quantitative estimate of drug-likeness (QED) is 0.839. The zero-order valence-electron chi connectivity index (χ0n) is 15.1. The molecule has 1 heterocycles. The normalized spacial score (nSPS) is 18.0. The first-order valence-electron chi connectivity index (χ1n) is 8.94. The summed E-state index contributed by atoms with van der Waals surface area (Å²) < 4.78 is 0. The van der Waals surface area contributed by atoms with Crippen LogP contribution in [-0.4, -0.2) is 28.5 Å². The molecule has 0 saturated carbocycles. The van der Waals surface area contributed by atoms with Gasteiger partial charge in [0.05, 0.1) is 5.75 Å². The average molecular weight is 369 g/mol. The van der Waals surface area contributed by atoms with E-state index in [1.54, 1.807) is 11.8 Å². The molecule has 1 saturated heterocycles. The first-order chi connectivity index (χ1) is 12.6. The summed E-state index contributed by atoms with van der Waals surface area (Å²) >= 11 is 1.64. The first kappa shape index (κ1) is 18.5. The van der Waals surface area contributed by atoms with E-state index in [0.717, 1.165) is 17.5 Å². The van der Waals surface area contributed by atoms with Crippen LogP contribution in [0.15, 0.2) is 54.6 Å². The van der Waals surface area contributed by atoms with Crippen LogP contribution in [0, 0.1) is 0 Å². The van der Waals surface area contributed by atoms with Gasteiger partial charge in [-0.2, -0.15) is 0 Å². The lowest BCUT2D eigenvalue weighted by atomic mass is 10.1. The van der Waals surface area contributed by atoms with E-state index in [9.17, 15) is 9.59 Å². The van der Waals surface area contributed by atoms with E-state index in [0.29, 0.717) is 17.9 Å². The zero-order chi connectivity index (χ0) is 18.5. The molecular formula is C21H24N2O2S. The van der Waals surface area contributed by atoms with E-state index in [4.69, 9.17) is 0 Å². The monoisotopic (exact) mass is 368 g/mol. The first-order valence-corrected chi connectivity index (χ1v) is 9.99. The average Bonchev–Trinajstić information content (AvgIpc) is 3.03. The molecule has 1 aliphatic rings. The number of carbonyl (C=O) groups excluding carboxylic acids is 2. The Bertz CT molecular complexity index is 761. The standard InChI is InChI=1S/C21H24N2O2S/c1-3-15(2)22-20(25)17-9-11-18(12-10-17)21-23(19(24)14-26-21)13-16-7-5-4-6-8-16/h4-12,15,21H,3,13-14H2,1-2H3,(H,22,25)/t15-,21+/m1/s1. The highest BCUT2D eigenvalue weighted by atomic mass is 32.2. The van der Waals surface area contributed by atoms with Crippen LogP contribution in [0.2, 0.25) is 0 Å². The van der Waals surface area contributed by atoms with Gasteiger partial charge in [0.2, 0.25) is 5.91 Å². The molecule has 5 heteroatoms.